The normalized spacial score (nSPS) is 12.7. The Balaban J connectivity index is 3.25. The molecule has 0 aliphatic carbocycles. The lowest BCUT2D eigenvalue weighted by Crippen LogP contribution is -2.44. The van der Waals surface area contributed by atoms with E-state index in [0.717, 1.165) is 15.3 Å². The van der Waals surface area contributed by atoms with Gasteiger partial charge >= 0.3 is 5.69 Å². The summed E-state index contributed by atoms with van der Waals surface area (Å²) in [5.74, 6) is 0. The van der Waals surface area contributed by atoms with Crippen LogP contribution < -0.4 is 21.7 Å². The van der Waals surface area contributed by atoms with Gasteiger partial charge in [0.05, 0.1) is 0 Å². The maximum atomic E-state index is 12.2. The van der Waals surface area contributed by atoms with Crippen LogP contribution in [-0.4, -0.2) is 30.6 Å². The summed E-state index contributed by atoms with van der Waals surface area (Å²) >= 11 is 0. The van der Waals surface area contributed by atoms with Gasteiger partial charge in [0.1, 0.15) is 0 Å². The van der Waals surface area contributed by atoms with Gasteiger partial charge in [0.15, 0.2) is 4.90 Å². The number of nitrogens with two attached hydrogens (primary N) is 1. The van der Waals surface area contributed by atoms with Gasteiger partial charge in [-0.2, -0.15) is 0 Å². The Bertz CT molecular complexity index is 715. The van der Waals surface area contributed by atoms with Crippen molar-refractivity contribution in [1.29, 1.82) is 0 Å². The molecule has 0 saturated carbocycles. The van der Waals surface area contributed by atoms with Gasteiger partial charge in [-0.15, -0.1) is 0 Å². The first-order valence-electron chi connectivity index (χ1n) is 5.98. The molecule has 114 valence electrons. The van der Waals surface area contributed by atoms with Gasteiger partial charge in [0.2, 0.25) is 10.0 Å². The summed E-state index contributed by atoms with van der Waals surface area (Å²) in [5, 5.41) is 0. The number of aromatic nitrogens is 2. The van der Waals surface area contributed by atoms with Crippen molar-refractivity contribution in [3.8, 4) is 0 Å². The summed E-state index contributed by atoms with van der Waals surface area (Å²) in [6.45, 7) is 3.99. The molecular formula is C11H20N4O4S. The highest BCUT2D eigenvalue weighted by molar-refractivity contribution is 7.89. The van der Waals surface area contributed by atoms with E-state index in [9.17, 15) is 18.0 Å². The average Bonchev–Trinajstić information content (AvgIpc) is 2.38. The van der Waals surface area contributed by atoms with Crippen molar-refractivity contribution in [3.05, 3.63) is 27.0 Å². The first kappa shape index (κ1) is 16.6. The molecule has 1 aromatic heterocycles. The third-order valence-corrected chi connectivity index (χ3v) is 4.38. The third kappa shape index (κ3) is 3.35. The van der Waals surface area contributed by atoms with Crippen molar-refractivity contribution in [1.82, 2.24) is 13.9 Å². The fraction of sp³-hybridized carbons (Fsp3) is 0.636. The van der Waals surface area contributed by atoms with Gasteiger partial charge in [-0.1, -0.05) is 13.8 Å². The van der Waals surface area contributed by atoms with Crippen molar-refractivity contribution in [2.24, 2.45) is 25.2 Å². The predicted octanol–water partition coefficient (Wildman–Crippen LogP) is -1.65. The van der Waals surface area contributed by atoms with Crippen LogP contribution in [0.2, 0.25) is 0 Å². The third-order valence-electron chi connectivity index (χ3n) is 3.00. The average molecular weight is 304 g/mol. The molecule has 0 atom stereocenters. The highest BCUT2D eigenvalue weighted by atomic mass is 32.2. The van der Waals surface area contributed by atoms with E-state index in [1.54, 1.807) is 13.8 Å². The quantitative estimate of drug-likeness (QED) is 0.676. The number of hydrogen-bond acceptors (Lipinski definition) is 5. The Hall–Kier alpha value is -1.45. The standard InChI is InChI=1S/C11H20N4O4S/c1-11(2,6-12)7-13-20(18,19)8-5-14(3)10(17)15(4)9(8)16/h5,13H,6-7,12H2,1-4H3. The second-order valence-electron chi connectivity index (χ2n) is 5.44. The van der Waals surface area contributed by atoms with Gasteiger partial charge in [0.25, 0.3) is 5.56 Å². The largest absolute Gasteiger partial charge is 0.330 e. The second-order valence-corrected chi connectivity index (χ2v) is 7.18. The van der Waals surface area contributed by atoms with Crippen LogP contribution in [0.4, 0.5) is 0 Å². The molecule has 9 heteroatoms. The molecular weight excluding hydrogens is 284 g/mol. The lowest BCUT2D eigenvalue weighted by atomic mass is 9.95. The molecule has 20 heavy (non-hydrogen) atoms. The molecule has 3 N–H and O–H groups in total. The molecule has 0 fully saturated rings. The van der Waals surface area contributed by atoms with Crippen molar-refractivity contribution >= 4 is 10.0 Å². The van der Waals surface area contributed by atoms with Crippen LogP contribution in [0.1, 0.15) is 13.8 Å². The van der Waals surface area contributed by atoms with Gasteiger partial charge < -0.3 is 10.3 Å². The van der Waals surface area contributed by atoms with Crippen LogP contribution in [0.5, 0.6) is 0 Å². The molecule has 0 aliphatic heterocycles. The highest BCUT2D eigenvalue weighted by Gasteiger charge is 2.24. The summed E-state index contributed by atoms with van der Waals surface area (Å²) in [6, 6.07) is 0. The number of sulfonamides is 1. The van der Waals surface area contributed by atoms with Crippen molar-refractivity contribution in [2.75, 3.05) is 13.1 Å². The molecule has 0 radical (unpaired) electrons. The van der Waals surface area contributed by atoms with Gasteiger partial charge in [0, 0.05) is 26.8 Å². The van der Waals surface area contributed by atoms with Gasteiger partial charge in [-0.05, 0) is 12.0 Å². The Morgan fingerprint density at radius 1 is 1.30 bits per heavy atom. The number of rotatable bonds is 5. The molecule has 8 nitrogen and oxygen atoms in total. The van der Waals surface area contributed by atoms with Gasteiger partial charge in [-0.25, -0.2) is 17.9 Å². The first-order chi connectivity index (χ1) is 9.02. The smallest absolute Gasteiger partial charge is 0.330 e. The summed E-state index contributed by atoms with van der Waals surface area (Å²) < 4.78 is 28.4. The van der Waals surface area contributed by atoms with Crippen LogP contribution in [0.15, 0.2) is 20.7 Å². The molecule has 1 aromatic rings. The van der Waals surface area contributed by atoms with E-state index < -0.39 is 31.6 Å². The Morgan fingerprint density at radius 3 is 2.35 bits per heavy atom. The Labute approximate surface area is 117 Å². The number of nitrogens with zero attached hydrogens (tertiary/aromatic N) is 2. The number of aryl methyl sites for hydroxylation is 1. The minimum Gasteiger partial charge on any atom is -0.330 e. The lowest BCUT2D eigenvalue weighted by molar-refractivity contribution is 0.376. The first-order valence-corrected chi connectivity index (χ1v) is 7.46. The van der Waals surface area contributed by atoms with Crippen LogP contribution in [0, 0.1) is 5.41 Å². The predicted molar refractivity (Wildman–Crippen MR) is 74.9 cm³/mol. The van der Waals surface area contributed by atoms with Crippen LogP contribution in [0.3, 0.4) is 0 Å². The SMILES string of the molecule is Cn1cc(S(=O)(=O)NCC(C)(C)CN)c(=O)n(C)c1=O. The fourth-order valence-corrected chi connectivity index (χ4v) is 2.80. The molecule has 1 rings (SSSR count). The second kappa shape index (κ2) is 5.51. The van der Waals surface area contributed by atoms with Crippen LogP contribution >= 0.6 is 0 Å². The molecule has 0 saturated heterocycles. The zero-order valence-electron chi connectivity index (χ0n) is 12.0. The molecule has 0 amide bonds. The maximum absolute atomic E-state index is 12.2. The highest BCUT2D eigenvalue weighted by Crippen LogP contribution is 2.12. The molecule has 1 heterocycles. The van der Waals surface area contributed by atoms with E-state index in [-0.39, 0.29) is 6.54 Å². The Kier molecular flexibility index (Phi) is 4.57. The molecule has 0 unspecified atom stereocenters. The van der Waals surface area contributed by atoms with E-state index in [1.807, 2.05) is 0 Å². The Morgan fingerprint density at radius 2 is 1.85 bits per heavy atom. The van der Waals surface area contributed by atoms with Crippen LogP contribution in [0.25, 0.3) is 0 Å². The maximum Gasteiger partial charge on any atom is 0.330 e. The summed E-state index contributed by atoms with van der Waals surface area (Å²) in [4.78, 5) is 23.0. The molecule has 0 bridgehead atoms. The zero-order chi connectivity index (χ0) is 15.7. The van der Waals surface area contributed by atoms with E-state index in [0.29, 0.717) is 6.54 Å². The molecule has 0 spiro atoms. The van der Waals surface area contributed by atoms with Gasteiger partial charge in [-0.3, -0.25) is 9.36 Å². The monoisotopic (exact) mass is 304 g/mol. The van der Waals surface area contributed by atoms with E-state index >= 15 is 0 Å². The van der Waals surface area contributed by atoms with Crippen molar-refractivity contribution in [2.45, 2.75) is 18.7 Å². The van der Waals surface area contributed by atoms with Crippen molar-refractivity contribution < 1.29 is 8.42 Å². The molecule has 0 aromatic carbocycles. The minimum absolute atomic E-state index is 0.0951. The lowest BCUT2D eigenvalue weighted by Gasteiger charge is -2.22. The van der Waals surface area contributed by atoms with E-state index in [2.05, 4.69) is 4.72 Å². The van der Waals surface area contributed by atoms with E-state index in [1.165, 1.54) is 14.1 Å². The number of hydrogen-bond donors (Lipinski definition) is 2. The van der Waals surface area contributed by atoms with Crippen molar-refractivity contribution in [3.63, 3.8) is 0 Å². The minimum atomic E-state index is -3.99. The molecule has 0 aliphatic rings. The van der Waals surface area contributed by atoms with E-state index in [4.69, 9.17) is 5.73 Å². The number of nitrogens with one attached hydrogen (secondary N) is 1. The topological polar surface area (TPSA) is 116 Å². The summed E-state index contributed by atoms with van der Waals surface area (Å²) in [5.41, 5.74) is 3.65. The zero-order valence-corrected chi connectivity index (χ0v) is 12.8. The van der Waals surface area contributed by atoms with Crippen LogP contribution in [-0.2, 0) is 24.1 Å². The summed E-state index contributed by atoms with van der Waals surface area (Å²) in [7, 11) is -1.39. The fourth-order valence-electron chi connectivity index (χ4n) is 1.40. The summed E-state index contributed by atoms with van der Waals surface area (Å²) in [6.07, 6.45) is 1.02.